The molecule has 1 N–H and O–H groups in total. The number of nitro groups is 1. The fraction of sp³-hybridized carbons (Fsp3) is 0.583. The molecular weight excluding hydrogens is 280 g/mol. The number of aromatic amines is 1. The van der Waals surface area contributed by atoms with E-state index in [1.807, 2.05) is 6.92 Å². The Bertz CT molecular complexity index is 600. The van der Waals surface area contributed by atoms with Gasteiger partial charge in [-0.1, -0.05) is 0 Å². The average Bonchev–Trinajstić information content (AvgIpc) is 2.44. The average molecular weight is 296 g/mol. The zero-order valence-corrected chi connectivity index (χ0v) is 11.6. The third-order valence-electron chi connectivity index (χ3n) is 3.43. The van der Waals surface area contributed by atoms with Crippen LogP contribution in [0, 0.1) is 10.1 Å². The number of nitrogens with one attached hydrogen (secondary N) is 1. The number of likely N-dealkylation sites (tertiary alicyclic amines) is 1. The molecule has 9 heteroatoms. The first-order valence-corrected chi connectivity index (χ1v) is 6.65. The molecule has 0 spiro atoms. The summed E-state index contributed by atoms with van der Waals surface area (Å²) in [4.78, 5) is 40.7. The summed E-state index contributed by atoms with van der Waals surface area (Å²) < 4.78 is 5.08. The number of H-pyrrole nitrogens is 1. The number of carbonyl (C=O) groups excluding carboxylic acids is 1. The monoisotopic (exact) mass is 296 g/mol. The minimum Gasteiger partial charge on any atom is -0.463 e. The number of piperidine rings is 1. The number of aromatic nitrogens is 2. The lowest BCUT2D eigenvalue weighted by atomic mass is 10.0. The van der Waals surface area contributed by atoms with Crippen LogP contribution in [0.3, 0.4) is 0 Å². The largest absolute Gasteiger partial charge is 0.463 e. The Morgan fingerprint density at radius 3 is 3.05 bits per heavy atom. The van der Waals surface area contributed by atoms with Crippen LogP contribution >= 0.6 is 0 Å². The molecule has 1 aromatic rings. The first-order chi connectivity index (χ1) is 10.0. The van der Waals surface area contributed by atoms with Gasteiger partial charge in [0.15, 0.2) is 6.61 Å². The molecule has 21 heavy (non-hydrogen) atoms. The quantitative estimate of drug-likeness (QED) is 0.636. The Kier molecular flexibility index (Phi) is 4.51. The molecule has 114 valence electrons. The van der Waals surface area contributed by atoms with Crippen LogP contribution in [0.25, 0.3) is 0 Å². The molecule has 0 aliphatic carbocycles. The van der Waals surface area contributed by atoms with Crippen molar-refractivity contribution in [2.75, 3.05) is 13.2 Å². The Hall–Kier alpha value is -2.45. The molecule has 0 unspecified atom stereocenters. The van der Waals surface area contributed by atoms with Crippen LogP contribution in [0.1, 0.15) is 26.2 Å². The predicted octanol–water partition coefficient (Wildman–Crippen LogP) is 0.458. The van der Waals surface area contributed by atoms with Crippen LogP contribution in [-0.4, -0.2) is 44.9 Å². The van der Waals surface area contributed by atoms with Crippen molar-refractivity contribution in [1.82, 2.24) is 14.9 Å². The van der Waals surface area contributed by atoms with E-state index in [0.29, 0.717) is 6.54 Å². The minimum atomic E-state index is -0.913. The summed E-state index contributed by atoms with van der Waals surface area (Å²) in [6.07, 6.45) is 3.93. The second-order valence-electron chi connectivity index (χ2n) is 4.86. The molecule has 1 aromatic heterocycles. The van der Waals surface area contributed by atoms with Crippen molar-refractivity contribution in [3.63, 3.8) is 0 Å². The number of carbonyl (C=O) groups is 1. The lowest BCUT2D eigenvalue weighted by molar-refractivity contribution is -0.387. The number of hydrogen-bond acceptors (Lipinski definition) is 6. The molecular formula is C12H16N4O5. The second kappa shape index (κ2) is 6.33. The Morgan fingerprint density at radius 1 is 1.62 bits per heavy atom. The summed E-state index contributed by atoms with van der Waals surface area (Å²) in [5.74, 6) is -0.708. The molecule has 2 heterocycles. The topological polar surface area (TPSA) is 118 Å². The van der Waals surface area contributed by atoms with E-state index in [9.17, 15) is 19.7 Å². The van der Waals surface area contributed by atoms with Gasteiger partial charge >= 0.3 is 17.1 Å². The first-order valence-electron chi connectivity index (χ1n) is 6.65. The van der Waals surface area contributed by atoms with Crippen molar-refractivity contribution in [2.45, 2.75) is 32.2 Å². The van der Waals surface area contributed by atoms with Crippen LogP contribution in [0.4, 0.5) is 5.69 Å². The lowest BCUT2D eigenvalue weighted by Gasteiger charge is -2.33. The first kappa shape index (κ1) is 14.9. The molecule has 0 saturated carbocycles. The summed E-state index contributed by atoms with van der Waals surface area (Å²) in [6, 6.07) is 0.122. The summed E-state index contributed by atoms with van der Waals surface area (Å²) in [5, 5.41) is 10.8. The van der Waals surface area contributed by atoms with E-state index in [4.69, 9.17) is 4.74 Å². The van der Waals surface area contributed by atoms with E-state index >= 15 is 0 Å². The molecule has 1 fully saturated rings. The Labute approximate surface area is 120 Å². The fourth-order valence-corrected chi connectivity index (χ4v) is 2.32. The third-order valence-corrected chi connectivity index (χ3v) is 3.43. The number of amides is 1. The summed E-state index contributed by atoms with van der Waals surface area (Å²) >= 11 is 0. The standard InChI is InChI=1S/C12H16N4O5/c1-8-4-2-3-5-15(8)9(17)6-21-12-10(16(19)20)11(18)13-7-14-12/h7-8H,2-6H2,1H3,(H,13,14,18)/t8-/m0/s1. The van der Waals surface area contributed by atoms with Gasteiger partial charge in [0, 0.05) is 12.6 Å². The van der Waals surface area contributed by atoms with Crippen LogP contribution in [0.2, 0.25) is 0 Å². The van der Waals surface area contributed by atoms with E-state index in [-0.39, 0.29) is 18.6 Å². The van der Waals surface area contributed by atoms with Crippen molar-refractivity contribution in [3.05, 3.63) is 26.8 Å². The van der Waals surface area contributed by atoms with Gasteiger partial charge in [0.25, 0.3) is 5.91 Å². The Balaban J connectivity index is 2.06. The molecule has 1 aliphatic heterocycles. The van der Waals surface area contributed by atoms with Crippen molar-refractivity contribution >= 4 is 11.6 Å². The van der Waals surface area contributed by atoms with Gasteiger partial charge in [-0.2, -0.15) is 4.98 Å². The van der Waals surface area contributed by atoms with E-state index < -0.39 is 22.0 Å². The predicted molar refractivity (Wildman–Crippen MR) is 72.0 cm³/mol. The van der Waals surface area contributed by atoms with Crippen LogP contribution in [-0.2, 0) is 4.79 Å². The summed E-state index contributed by atoms with van der Waals surface area (Å²) in [7, 11) is 0. The van der Waals surface area contributed by atoms with Gasteiger partial charge in [-0.15, -0.1) is 0 Å². The maximum Gasteiger partial charge on any atom is 0.395 e. The highest BCUT2D eigenvalue weighted by molar-refractivity contribution is 5.78. The smallest absolute Gasteiger partial charge is 0.395 e. The number of ether oxygens (including phenoxy) is 1. The third kappa shape index (κ3) is 3.36. The van der Waals surface area contributed by atoms with E-state index in [2.05, 4.69) is 9.97 Å². The van der Waals surface area contributed by atoms with Crippen LogP contribution < -0.4 is 10.3 Å². The molecule has 1 atom stereocenters. The van der Waals surface area contributed by atoms with Gasteiger partial charge in [-0.25, -0.2) is 0 Å². The van der Waals surface area contributed by atoms with Crippen molar-refractivity contribution in [3.8, 4) is 5.88 Å². The van der Waals surface area contributed by atoms with Crippen molar-refractivity contribution in [2.24, 2.45) is 0 Å². The fourth-order valence-electron chi connectivity index (χ4n) is 2.32. The molecule has 9 nitrogen and oxygen atoms in total. The highest BCUT2D eigenvalue weighted by Crippen LogP contribution is 2.19. The number of rotatable bonds is 4. The molecule has 1 amide bonds. The Morgan fingerprint density at radius 2 is 2.38 bits per heavy atom. The van der Waals surface area contributed by atoms with Gasteiger partial charge < -0.3 is 14.6 Å². The maximum absolute atomic E-state index is 12.1. The molecule has 0 radical (unpaired) electrons. The van der Waals surface area contributed by atoms with Crippen LogP contribution in [0.5, 0.6) is 5.88 Å². The van der Waals surface area contributed by atoms with Gasteiger partial charge in [-0.05, 0) is 26.2 Å². The molecule has 0 bridgehead atoms. The second-order valence-corrected chi connectivity index (χ2v) is 4.86. The highest BCUT2D eigenvalue weighted by Gasteiger charge is 2.26. The highest BCUT2D eigenvalue weighted by atomic mass is 16.6. The van der Waals surface area contributed by atoms with E-state index in [1.165, 1.54) is 0 Å². The molecule has 1 aliphatic rings. The zero-order chi connectivity index (χ0) is 15.4. The molecule has 0 aromatic carbocycles. The van der Waals surface area contributed by atoms with E-state index in [1.54, 1.807) is 4.90 Å². The SMILES string of the molecule is C[C@H]1CCCCN1C(=O)COc1nc[nH]c(=O)c1[N+](=O)[O-]. The zero-order valence-electron chi connectivity index (χ0n) is 11.6. The molecule has 1 saturated heterocycles. The minimum absolute atomic E-state index is 0.122. The van der Waals surface area contributed by atoms with Gasteiger partial charge in [-0.3, -0.25) is 19.7 Å². The molecule has 2 rings (SSSR count). The van der Waals surface area contributed by atoms with Gasteiger partial charge in [0.2, 0.25) is 0 Å². The van der Waals surface area contributed by atoms with Gasteiger partial charge in [0.05, 0.1) is 11.3 Å². The lowest BCUT2D eigenvalue weighted by Crippen LogP contribution is -2.44. The van der Waals surface area contributed by atoms with Gasteiger partial charge in [0.1, 0.15) is 0 Å². The number of hydrogen-bond donors (Lipinski definition) is 1. The summed E-state index contributed by atoms with van der Waals surface area (Å²) in [5.41, 5.74) is -1.71. The van der Waals surface area contributed by atoms with Crippen LogP contribution in [0.15, 0.2) is 11.1 Å². The van der Waals surface area contributed by atoms with E-state index in [0.717, 1.165) is 25.6 Å². The van der Waals surface area contributed by atoms with Crippen molar-refractivity contribution in [1.29, 1.82) is 0 Å². The normalized spacial score (nSPS) is 18.3. The van der Waals surface area contributed by atoms with Crippen molar-refractivity contribution < 1.29 is 14.5 Å². The number of nitrogens with zero attached hydrogens (tertiary/aromatic N) is 3. The maximum atomic E-state index is 12.1. The summed E-state index contributed by atoms with van der Waals surface area (Å²) in [6.45, 7) is 2.22.